The SMILES string of the molecule is COc1ccc(-c2coc3cc(OC)c(/C(C)=C/C(=O)NC4CCCCCC4)cc23)cc1OC. The van der Waals surface area contributed by atoms with E-state index in [1.807, 2.05) is 37.3 Å². The zero-order valence-corrected chi connectivity index (χ0v) is 20.4. The smallest absolute Gasteiger partial charge is 0.244 e. The molecule has 0 unspecified atom stereocenters. The molecule has 0 spiro atoms. The van der Waals surface area contributed by atoms with Crippen molar-refractivity contribution in [2.45, 2.75) is 51.5 Å². The molecular weight excluding hydrogens is 430 g/mol. The quantitative estimate of drug-likeness (QED) is 0.326. The van der Waals surface area contributed by atoms with Crippen LogP contribution in [0.4, 0.5) is 0 Å². The number of allylic oxidation sites excluding steroid dienone is 1. The third-order valence-electron chi connectivity index (χ3n) is 6.56. The van der Waals surface area contributed by atoms with Crippen molar-refractivity contribution >= 4 is 22.4 Å². The van der Waals surface area contributed by atoms with Crippen molar-refractivity contribution in [3.05, 3.63) is 48.2 Å². The first-order valence-corrected chi connectivity index (χ1v) is 11.8. The molecule has 1 heterocycles. The first-order chi connectivity index (χ1) is 16.5. The molecule has 3 aromatic rings. The Hall–Kier alpha value is -3.41. The molecule has 1 aliphatic carbocycles. The summed E-state index contributed by atoms with van der Waals surface area (Å²) in [5.74, 6) is 1.92. The number of furan rings is 1. The molecule has 1 aromatic heterocycles. The molecule has 0 saturated heterocycles. The fraction of sp³-hybridized carbons (Fsp3) is 0.393. The van der Waals surface area contributed by atoms with Crippen molar-refractivity contribution < 1.29 is 23.4 Å². The number of methoxy groups -OCH3 is 3. The molecule has 1 amide bonds. The Balaban J connectivity index is 1.67. The number of hydrogen-bond acceptors (Lipinski definition) is 5. The van der Waals surface area contributed by atoms with Crippen LogP contribution in [0.3, 0.4) is 0 Å². The highest BCUT2D eigenvalue weighted by atomic mass is 16.5. The molecule has 1 N–H and O–H groups in total. The van der Waals surface area contributed by atoms with Crippen LogP contribution in [0, 0.1) is 0 Å². The summed E-state index contributed by atoms with van der Waals surface area (Å²) in [6.45, 7) is 1.94. The average Bonchev–Trinajstić information content (AvgIpc) is 3.09. The van der Waals surface area contributed by atoms with Crippen LogP contribution in [-0.4, -0.2) is 33.3 Å². The molecule has 1 saturated carbocycles. The van der Waals surface area contributed by atoms with Crippen LogP contribution in [-0.2, 0) is 4.79 Å². The van der Waals surface area contributed by atoms with Gasteiger partial charge in [-0.3, -0.25) is 4.79 Å². The van der Waals surface area contributed by atoms with Crippen LogP contribution in [0.25, 0.3) is 27.7 Å². The summed E-state index contributed by atoms with van der Waals surface area (Å²) in [6.07, 6.45) is 10.4. The molecular formula is C28H33NO5. The summed E-state index contributed by atoms with van der Waals surface area (Å²) >= 11 is 0. The van der Waals surface area contributed by atoms with Crippen molar-refractivity contribution in [2.24, 2.45) is 0 Å². The molecule has 2 aromatic carbocycles. The predicted molar refractivity (Wildman–Crippen MR) is 135 cm³/mol. The van der Waals surface area contributed by atoms with Gasteiger partial charge in [0, 0.05) is 34.7 Å². The molecule has 1 aliphatic rings. The Morgan fingerprint density at radius 2 is 1.65 bits per heavy atom. The third kappa shape index (κ3) is 5.06. The minimum Gasteiger partial charge on any atom is -0.496 e. The van der Waals surface area contributed by atoms with Gasteiger partial charge >= 0.3 is 0 Å². The number of nitrogens with one attached hydrogen (secondary N) is 1. The van der Waals surface area contributed by atoms with Gasteiger partial charge in [-0.15, -0.1) is 0 Å². The normalized spacial score (nSPS) is 15.1. The minimum atomic E-state index is -0.0566. The van der Waals surface area contributed by atoms with E-state index >= 15 is 0 Å². The zero-order chi connectivity index (χ0) is 24.1. The maximum absolute atomic E-state index is 12.8. The van der Waals surface area contributed by atoms with Crippen LogP contribution >= 0.6 is 0 Å². The van der Waals surface area contributed by atoms with E-state index in [4.69, 9.17) is 18.6 Å². The van der Waals surface area contributed by atoms with Crippen LogP contribution < -0.4 is 19.5 Å². The van der Waals surface area contributed by atoms with E-state index < -0.39 is 0 Å². The summed E-state index contributed by atoms with van der Waals surface area (Å²) < 4.78 is 22.3. The van der Waals surface area contributed by atoms with Crippen LogP contribution in [0.5, 0.6) is 17.2 Å². The van der Waals surface area contributed by atoms with Crippen molar-refractivity contribution in [1.82, 2.24) is 5.32 Å². The number of benzene rings is 2. The van der Waals surface area contributed by atoms with E-state index in [9.17, 15) is 4.79 Å². The number of hydrogen-bond donors (Lipinski definition) is 1. The van der Waals surface area contributed by atoms with Gasteiger partial charge in [0.1, 0.15) is 11.3 Å². The number of ether oxygens (including phenoxy) is 3. The lowest BCUT2D eigenvalue weighted by Gasteiger charge is -2.15. The van der Waals surface area contributed by atoms with Gasteiger partial charge in [-0.2, -0.15) is 0 Å². The number of rotatable bonds is 7. The minimum absolute atomic E-state index is 0.0566. The third-order valence-corrected chi connectivity index (χ3v) is 6.56. The van der Waals surface area contributed by atoms with E-state index in [-0.39, 0.29) is 11.9 Å². The van der Waals surface area contributed by atoms with Gasteiger partial charge in [0.15, 0.2) is 11.5 Å². The Kier molecular flexibility index (Phi) is 7.46. The summed E-state index contributed by atoms with van der Waals surface area (Å²) in [4.78, 5) is 12.8. The number of carbonyl (C=O) groups excluding carboxylic acids is 1. The molecule has 1 fully saturated rings. The molecule has 0 bridgehead atoms. The van der Waals surface area contributed by atoms with Gasteiger partial charge in [-0.1, -0.05) is 31.7 Å². The number of fused-ring (bicyclic) bond motifs is 1. The summed E-state index contributed by atoms with van der Waals surface area (Å²) in [6, 6.07) is 9.92. The van der Waals surface area contributed by atoms with Gasteiger partial charge < -0.3 is 23.9 Å². The lowest BCUT2D eigenvalue weighted by Crippen LogP contribution is -2.33. The predicted octanol–water partition coefficient (Wildman–Crippen LogP) is 6.37. The van der Waals surface area contributed by atoms with Crippen molar-refractivity contribution in [2.75, 3.05) is 21.3 Å². The molecule has 4 rings (SSSR count). The van der Waals surface area contributed by atoms with Gasteiger partial charge in [0.05, 0.1) is 27.6 Å². The molecule has 6 nitrogen and oxygen atoms in total. The van der Waals surface area contributed by atoms with E-state index in [1.165, 1.54) is 25.7 Å². The van der Waals surface area contributed by atoms with Gasteiger partial charge in [-0.05, 0) is 49.1 Å². The Morgan fingerprint density at radius 3 is 2.32 bits per heavy atom. The lowest BCUT2D eigenvalue weighted by atomic mass is 9.99. The summed E-state index contributed by atoms with van der Waals surface area (Å²) in [5, 5.41) is 4.12. The topological polar surface area (TPSA) is 69.9 Å². The summed E-state index contributed by atoms with van der Waals surface area (Å²) in [7, 11) is 4.86. The highest BCUT2D eigenvalue weighted by Crippen LogP contribution is 2.39. The fourth-order valence-corrected chi connectivity index (χ4v) is 4.70. The van der Waals surface area contributed by atoms with Crippen molar-refractivity contribution in [1.29, 1.82) is 0 Å². The van der Waals surface area contributed by atoms with Gasteiger partial charge in [-0.25, -0.2) is 0 Å². The summed E-state index contributed by atoms with van der Waals surface area (Å²) in [5.41, 5.74) is 4.27. The highest BCUT2D eigenvalue weighted by molar-refractivity contribution is 6.00. The van der Waals surface area contributed by atoms with E-state index in [0.717, 1.165) is 40.5 Å². The monoisotopic (exact) mass is 463 g/mol. The highest BCUT2D eigenvalue weighted by Gasteiger charge is 2.18. The second-order valence-corrected chi connectivity index (χ2v) is 8.79. The average molecular weight is 464 g/mol. The fourth-order valence-electron chi connectivity index (χ4n) is 4.70. The van der Waals surface area contributed by atoms with Crippen LogP contribution in [0.15, 0.2) is 47.1 Å². The zero-order valence-electron chi connectivity index (χ0n) is 20.4. The van der Waals surface area contributed by atoms with Crippen LogP contribution in [0.2, 0.25) is 0 Å². The first-order valence-electron chi connectivity index (χ1n) is 11.8. The Morgan fingerprint density at radius 1 is 0.941 bits per heavy atom. The number of carbonyl (C=O) groups is 1. The van der Waals surface area contributed by atoms with Crippen molar-refractivity contribution in [3.8, 4) is 28.4 Å². The Bertz CT molecular complexity index is 1180. The second kappa shape index (κ2) is 10.7. The molecule has 180 valence electrons. The largest absolute Gasteiger partial charge is 0.496 e. The maximum Gasteiger partial charge on any atom is 0.244 e. The van der Waals surface area contributed by atoms with E-state index in [0.29, 0.717) is 22.8 Å². The molecule has 0 aliphatic heterocycles. The number of amides is 1. The van der Waals surface area contributed by atoms with Gasteiger partial charge in [0.2, 0.25) is 5.91 Å². The van der Waals surface area contributed by atoms with E-state index in [2.05, 4.69) is 5.32 Å². The van der Waals surface area contributed by atoms with Crippen LogP contribution in [0.1, 0.15) is 51.0 Å². The molecule has 0 radical (unpaired) electrons. The lowest BCUT2D eigenvalue weighted by molar-refractivity contribution is -0.117. The van der Waals surface area contributed by atoms with E-state index in [1.54, 1.807) is 33.7 Å². The van der Waals surface area contributed by atoms with Crippen molar-refractivity contribution in [3.63, 3.8) is 0 Å². The molecule has 0 atom stereocenters. The second-order valence-electron chi connectivity index (χ2n) is 8.79. The van der Waals surface area contributed by atoms with Gasteiger partial charge in [0.25, 0.3) is 0 Å². The Labute approximate surface area is 200 Å². The first kappa shape index (κ1) is 23.7. The maximum atomic E-state index is 12.8. The molecule has 34 heavy (non-hydrogen) atoms. The standard InChI is InChI=1S/C28H33NO5/c1-18(13-28(30)29-20-9-7-5-6-8-10-20)21-15-22-23(17-34-26(22)16-25(21)32-3)19-11-12-24(31-2)27(14-19)33-4/h11-17,20H,5-10H2,1-4H3,(H,29,30)/b18-13+. The molecule has 6 heteroatoms.